The summed E-state index contributed by atoms with van der Waals surface area (Å²) in [5.74, 6) is -1.10. The quantitative estimate of drug-likeness (QED) is 0.600. The average molecular weight is 241 g/mol. The van der Waals surface area contributed by atoms with Gasteiger partial charge in [0.05, 0.1) is 11.5 Å². The summed E-state index contributed by atoms with van der Waals surface area (Å²) in [7, 11) is 0. The van der Waals surface area contributed by atoms with E-state index in [2.05, 4.69) is 10.6 Å². The number of hydrogen-bond acceptors (Lipinski definition) is 4. The number of benzene rings is 1. The summed E-state index contributed by atoms with van der Waals surface area (Å²) in [6, 6.07) is 2.90. The average Bonchev–Trinajstić information content (AvgIpc) is 2.26. The van der Waals surface area contributed by atoms with Gasteiger partial charge in [-0.3, -0.25) is 14.9 Å². The van der Waals surface area contributed by atoms with Crippen LogP contribution in [0.1, 0.15) is 6.92 Å². The Bertz CT molecular complexity index is 437. The zero-order valence-corrected chi connectivity index (χ0v) is 9.20. The van der Waals surface area contributed by atoms with E-state index < -0.39 is 16.6 Å². The van der Waals surface area contributed by atoms with E-state index in [4.69, 9.17) is 0 Å². The number of anilines is 1. The number of nitrogens with zero attached hydrogens (tertiary/aromatic N) is 1. The molecule has 0 aliphatic heterocycles. The maximum atomic E-state index is 12.9. The van der Waals surface area contributed by atoms with Gasteiger partial charge in [-0.25, -0.2) is 4.39 Å². The summed E-state index contributed by atoms with van der Waals surface area (Å²) < 4.78 is 12.9. The minimum atomic E-state index is -0.678. The van der Waals surface area contributed by atoms with Crippen molar-refractivity contribution in [3.05, 3.63) is 34.1 Å². The van der Waals surface area contributed by atoms with Gasteiger partial charge in [0.1, 0.15) is 11.5 Å². The highest BCUT2D eigenvalue weighted by Crippen LogP contribution is 2.24. The lowest BCUT2D eigenvalue weighted by molar-refractivity contribution is -0.384. The van der Waals surface area contributed by atoms with Crippen molar-refractivity contribution in [1.29, 1.82) is 0 Å². The van der Waals surface area contributed by atoms with E-state index >= 15 is 0 Å². The number of nitro benzene ring substituents is 1. The Hall–Kier alpha value is -2.02. The minimum Gasteiger partial charge on any atom is -0.319 e. The van der Waals surface area contributed by atoms with E-state index in [1.54, 1.807) is 0 Å². The van der Waals surface area contributed by atoms with Gasteiger partial charge in [-0.05, 0) is 12.6 Å². The van der Waals surface area contributed by atoms with Crippen LogP contribution >= 0.6 is 0 Å². The molecule has 0 aromatic heterocycles. The van der Waals surface area contributed by atoms with Crippen LogP contribution in [0.3, 0.4) is 0 Å². The number of amides is 1. The maximum absolute atomic E-state index is 12.9. The Labute approximate surface area is 97.0 Å². The first-order valence-corrected chi connectivity index (χ1v) is 4.99. The maximum Gasteiger partial charge on any atom is 0.292 e. The third kappa shape index (κ3) is 3.80. The Morgan fingerprint density at radius 1 is 1.53 bits per heavy atom. The summed E-state index contributed by atoms with van der Waals surface area (Å²) in [5, 5.41) is 15.7. The molecule has 0 spiro atoms. The molecule has 0 aliphatic carbocycles. The highest BCUT2D eigenvalue weighted by molar-refractivity contribution is 5.94. The van der Waals surface area contributed by atoms with Gasteiger partial charge < -0.3 is 10.6 Å². The summed E-state index contributed by atoms with van der Waals surface area (Å²) in [4.78, 5) is 21.3. The van der Waals surface area contributed by atoms with Gasteiger partial charge in [-0.15, -0.1) is 0 Å². The van der Waals surface area contributed by atoms with Crippen LogP contribution in [0.15, 0.2) is 18.2 Å². The lowest BCUT2D eigenvalue weighted by atomic mass is 10.2. The molecular weight excluding hydrogens is 229 g/mol. The van der Waals surface area contributed by atoms with Gasteiger partial charge in [-0.1, -0.05) is 6.92 Å². The number of hydrogen-bond donors (Lipinski definition) is 2. The largest absolute Gasteiger partial charge is 0.319 e. The molecule has 0 heterocycles. The molecule has 1 aromatic rings. The summed E-state index contributed by atoms with van der Waals surface area (Å²) >= 11 is 0. The predicted molar refractivity (Wildman–Crippen MR) is 60.2 cm³/mol. The molecule has 1 aromatic carbocycles. The van der Waals surface area contributed by atoms with E-state index in [0.717, 1.165) is 18.2 Å². The first-order valence-electron chi connectivity index (χ1n) is 4.99. The van der Waals surface area contributed by atoms with Gasteiger partial charge in [0.25, 0.3) is 5.69 Å². The van der Waals surface area contributed by atoms with Gasteiger partial charge in [-0.2, -0.15) is 0 Å². The monoisotopic (exact) mass is 241 g/mol. The predicted octanol–water partition coefficient (Wildman–Crippen LogP) is 1.28. The van der Waals surface area contributed by atoms with Gasteiger partial charge >= 0.3 is 0 Å². The summed E-state index contributed by atoms with van der Waals surface area (Å²) in [6.45, 7) is 2.43. The van der Waals surface area contributed by atoms with Gasteiger partial charge in [0, 0.05) is 12.1 Å². The van der Waals surface area contributed by atoms with E-state index in [1.807, 2.05) is 6.92 Å². The van der Waals surface area contributed by atoms with E-state index in [9.17, 15) is 19.3 Å². The molecule has 0 atom stereocenters. The first kappa shape index (κ1) is 13.0. The molecule has 17 heavy (non-hydrogen) atoms. The normalized spacial score (nSPS) is 10.0. The molecule has 0 fully saturated rings. The molecule has 1 rings (SSSR count). The Morgan fingerprint density at radius 2 is 2.24 bits per heavy atom. The molecule has 7 heteroatoms. The number of carbonyl (C=O) groups is 1. The van der Waals surface area contributed by atoms with Crippen molar-refractivity contribution in [1.82, 2.24) is 5.32 Å². The van der Waals surface area contributed by atoms with Crippen molar-refractivity contribution < 1.29 is 14.1 Å². The second-order valence-electron chi connectivity index (χ2n) is 3.25. The standard InChI is InChI=1S/C10H12FN3O3/c1-2-12-6-10(15)13-8-5-7(11)3-4-9(8)14(16)17/h3-5,12H,2,6H2,1H3,(H,13,15). The number of rotatable bonds is 5. The van der Waals surface area contributed by atoms with Gasteiger partial charge in [0.2, 0.25) is 5.91 Å². The number of nitrogens with one attached hydrogen (secondary N) is 2. The molecule has 0 aliphatic rings. The highest BCUT2D eigenvalue weighted by atomic mass is 19.1. The SMILES string of the molecule is CCNCC(=O)Nc1cc(F)ccc1[N+](=O)[O-]. The molecule has 0 bridgehead atoms. The number of carbonyl (C=O) groups excluding carboxylic acids is 1. The van der Waals surface area contributed by atoms with Crippen molar-refractivity contribution in [2.75, 3.05) is 18.4 Å². The van der Waals surface area contributed by atoms with Gasteiger partial charge in [0.15, 0.2) is 0 Å². The lowest BCUT2D eigenvalue weighted by Crippen LogP contribution is -2.28. The molecule has 0 saturated carbocycles. The summed E-state index contributed by atoms with van der Waals surface area (Å²) in [6.07, 6.45) is 0. The molecule has 0 saturated heterocycles. The second kappa shape index (κ2) is 5.90. The van der Waals surface area contributed by atoms with Crippen molar-refractivity contribution in [2.45, 2.75) is 6.92 Å². The van der Waals surface area contributed by atoms with E-state index in [0.29, 0.717) is 6.54 Å². The molecule has 1 amide bonds. The first-order chi connectivity index (χ1) is 8.04. The molecule has 0 radical (unpaired) electrons. The van der Waals surface area contributed by atoms with Crippen LogP contribution in [0.4, 0.5) is 15.8 Å². The van der Waals surface area contributed by atoms with Crippen LogP contribution < -0.4 is 10.6 Å². The zero-order chi connectivity index (χ0) is 12.8. The van der Waals surface area contributed by atoms with Crippen LogP contribution in [-0.2, 0) is 4.79 Å². The molecular formula is C10H12FN3O3. The van der Waals surface area contributed by atoms with Crippen molar-refractivity contribution in [2.24, 2.45) is 0 Å². The second-order valence-corrected chi connectivity index (χ2v) is 3.25. The Balaban J connectivity index is 2.85. The van der Waals surface area contributed by atoms with E-state index in [-0.39, 0.29) is 17.9 Å². The molecule has 6 nitrogen and oxygen atoms in total. The number of likely N-dealkylation sites (N-methyl/N-ethyl adjacent to an activating group) is 1. The van der Waals surface area contributed by atoms with Crippen LogP contribution in [0, 0.1) is 15.9 Å². The van der Waals surface area contributed by atoms with Crippen LogP contribution in [0.25, 0.3) is 0 Å². The third-order valence-electron chi connectivity index (χ3n) is 1.96. The molecule has 0 unspecified atom stereocenters. The summed E-state index contributed by atoms with van der Waals surface area (Å²) in [5.41, 5.74) is -0.478. The van der Waals surface area contributed by atoms with E-state index in [1.165, 1.54) is 0 Å². The van der Waals surface area contributed by atoms with Crippen LogP contribution in [0.2, 0.25) is 0 Å². The minimum absolute atomic E-state index is 0.0180. The Morgan fingerprint density at radius 3 is 2.82 bits per heavy atom. The van der Waals surface area contributed by atoms with Crippen molar-refractivity contribution in [3.8, 4) is 0 Å². The fourth-order valence-electron chi connectivity index (χ4n) is 1.20. The molecule has 92 valence electrons. The molecule has 2 N–H and O–H groups in total. The topological polar surface area (TPSA) is 84.3 Å². The number of halogens is 1. The lowest BCUT2D eigenvalue weighted by Gasteiger charge is -2.06. The highest BCUT2D eigenvalue weighted by Gasteiger charge is 2.16. The van der Waals surface area contributed by atoms with Crippen molar-refractivity contribution in [3.63, 3.8) is 0 Å². The van der Waals surface area contributed by atoms with Crippen LogP contribution in [0.5, 0.6) is 0 Å². The van der Waals surface area contributed by atoms with Crippen molar-refractivity contribution >= 4 is 17.3 Å². The number of nitro groups is 1. The fourth-order valence-corrected chi connectivity index (χ4v) is 1.20. The zero-order valence-electron chi connectivity index (χ0n) is 9.20. The Kier molecular flexibility index (Phi) is 4.53. The van der Waals surface area contributed by atoms with Crippen LogP contribution in [-0.4, -0.2) is 23.9 Å². The third-order valence-corrected chi connectivity index (χ3v) is 1.96. The smallest absolute Gasteiger partial charge is 0.292 e. The fraction of sp³-hybridized carbons (Fsp3) is 0.300.